The fourth-order valence-electron chi connectivity index (χ4n) is 4.95. The van der Waals surface area contributed by atoms with Crippen molar-refractivity contribution >= 4 is 67.0 Å². The Kier molecular flexibility index (Phi) is 12.6. The van der Waals surface area contributed by atoms with Gasteiger partial charge < -0.3 is 0 Å². The van der Waals surface area contributed by atoms with Gasteiger partial charge in [-0.25, -0.2) is 27.7 Å². The normalized spacial score (nSPS) is 11.6. The SMILES string of the molecule is O=C(CN(c1ccccc1)S(=O)(=O)c1cccc([N+](=O)[O-])c1)N/N=C/c1ccc(/C=N/NC(=O)CN(c2ccccc2)S(=O)(=O)c2cccc([N+](=O)[O-])c2)cc1. The van der Waals surface area contributed by atoms with Gasteiger partial charge in [0.1, 0.15) is 13.1 Å². The Morgan fingerprint density at radius 3 is 1.25 bits per heavy atom. The van der Waals surface area contributed by atoms with Crippen LogP contribution in [0.1, 0.15) is 11.1 Å². The van der Waals surface area contributed by atoms with E-state index in [4.69, 9.17) is 0 Å². The van der Waals surface area contributed by atoms with Gasteiger partial charge in [-0.3, -0.25) is 38.4 Å². The number of para-hydroxylation sites is 2. The molecule has 5 aromatic carbocycles. The Hall–Kier alpha value is -7.32. The summed E-state index contributed by atoms with van der Waals surface area (Å²) in [4.78, 5) is 46.0. The zero-order valence-electron chi connectivity index (χ0n) is 28.9. The van der Waals surface area contributed by atoms with Crippen LogP contribution in [0, 0.1) is 20.2 Å². The third-order valence-electron chi connectivity index (χ3n) is 7.64. The largest absolute Gasteiger partial charge is 0.271 e. The first-order valence-corrected chi connectivity index (χ1v) is 19.0. The number of nitro groups is 2. The number of sulfonamides is 2. The summed E-state index contributed by atoms with van der Waals surface area (Å²) in [5.74, 6) is -1.61. The quantitative estimate of drug-likeness (QED) is 0.0819. The average Bonchev–Trinajstić information content (AvgIpc) is 3.20. The molecule has 5 rings (SSSR count). The molecule has 0 saturated carbocycles. The summed E-state index contributed by atoms with van der Waals surface area (Å²) in [5.41, 5.74) is 4.98. The van der Waals surface area contributed by atoms with Gasteiger partial charge in [0.25, 0.3) is 43.2 Å². The number of hydrazone groups is 2. The van der Waals surface area contributed by atoms with E-state index in [2.05, 4.69) is 21.1 Å². The van der Waals surface area contributed by atoms with Crippen LogP contribution in [0.3, 0.4) is 0 Å². The van der Waals surface area contributed by atoms with Crippen molar-refractivity contribution in [2.24, 2.45) is 10.2 Å². The lowest BCUT2D eigenvalue weighted by Gasteiger charge is -2.23. The van der Waals surface area contributed by atoms with E-state index in [1.807, 2.05) is 0 Å². The highest BCUT2D eigenvalue weighted by Gasteiger charge is 2.30. The fraction of sp³-hybridized carbons (Fsp3) is 0.0556. The number of non-ortho nitro benzene ring substituents is 2. The van der Waals surface area contributed by atoms with Crippen LogP contribution in [0.2, 0.25) is 0 Å². The van der Waals surface area contributed by atoms with E-state index in [0.29, 0.717) is 11.1 Å². The summed E-state index contributed by atoms with van der Waals surface area (Å²) in [5, 5.41) is 30.3. The number of carbonyl (C=O) groups excluding carboxylic acids is 2. The molecule has 286 valence electrons. The number of hydrogen-bond donors (Lipinski definition) is 2. The number of nitrogens with zero attached hydrogens (tertiary/aromatic N) is 6. The zero-order valence-corrected chi connectivity index (χ0v) is 30.5. The monoisotopic (exact) mass is 798 g/mol. The van der Waals surface area contributed by atoms with Crippen molar-refractivity contribution in [3.05, 3.63) is 165 Å². The second-order valence-corrected chi connectivity index (χ2v) is 15.2. The third-order valence-corrected chi connectivity index (χ3v) is 11.2. The first-order chi connectivity index (χ1) is 26.8. The lowest BCUT2D eigenvalue weighted by atomic mass is 10.2. The highest BCUT2D eigenvalue weighted by Crippen LogP contribution is 2.27. The molecule has 0 bridgehead atoms. The van der Waals surface area contributed by atoms with E-state index in [-0.39, 0.29) is 21.2 Å². The van der Waals surface area contributed by atoms with Crippen LogP contribution in [0.15, 0.2) is 153 Å². The van der Waals surface area contributed by atoms with E-state index < -0.39 is 66.2 Å². The predicted molar refractivity (Wildman–Crippen MR) is 206 cm³/mol. The van der Waals surface area contributed by atoms with Crippen molar-refractivity contribution in [1.82, 2.24) is 10.9 Å². The van der Waals surface area contributed by atoms with Crippen molar-refractivity contribution in [3.63, 3.8) is 0 Å². The van der Waals surface area contributed by atoms with Crippen LogP contribution in [0.5, 0.6) is 0 Å². The molecular formula is C36H30N8O10S2. The van der Waals surface area contributed by atoms with E-state index in [9.17, 15) is 46.7 Å². The number of hydrogen-bond acceptors (Lipinski definition) is 12. The maximum absolute atomic E-state index is 13.5. The Morgan fingerprint density at radius 1 is 0.554 bits per heavy atom. The Balaban J connectivity index is 1.20. The molecule has 18 nitrogen and oxygen atoms in total. The third kappa shape index (κ3) is 10.0. The molecule has 0 aliphatic rings. The molecule has 20 heteroatoms. The van der Waals surface area contributed by atoms with Crippen LogP contribution < -0.4 is 19.5 Å². The molecule has 0 atom stereocenters. The van der Waals surface area contributed by atoms with Gasteiger partial charge in [0.15, 0.2) is 0 Å². The number of carbonyl (C=O) groups is 2. The standard InChI is InChI=1S/C36H30N8O10S2/c45-35(25-41(29-9-3-1-4-10-29)55(51,52)33-15-7-13-31(21-33)43(47)48)39-37-23-27-17-19-28(20-18-27)24-38-40-36(46)26-42(30-11-5-2-6-12-30)56(53,54)34-16-8-14-32(22-34)44(49)50/h1-24H,25-26H2,(H,39,45)(H,40,46)/b37-23+,38-24+. The molecule has 2 N–H and O–H groups in total. The Morgan fingerprint density at radius 2 is 0.911 bits per heavy atom. The molecule has 0 saturated heterocycles. The molecule has 0 aliphatic heterocycles. The minimum Gasteiger partial charge on any atom is -0.271 e. The number of rotatable bonds is 16. The van der Waals surface area contributed by atoms with Crippen molar-refractivity contribution in [3.8, 4) is 0 Å². The maximum atomic E-state index is 13.5. The summed E-state index contributed by atoms with van der Waals surface area (Å²) in [7, 11) is -8.83. The number of benzene rings is 5. The Labute approximate surface area is 319 Å². The molecule has 5 aromatic rings. The van der Waals surface area contributed by atoms with Gasteiger partial charge in [0, 0.05) is 24.3 Å². The molecule has 0 radical (unpaired) electrons. The molecule has 0 aromatic heterocycles. The van der Waals surface area contributed by atoms with Gasteiger partial charge in [-0.2, -0.15) is 10.2 Å². The van der Waals surface area contributed by atoms with E-state index in [1.54, 1.807) is 60.7 Å². The number of nitro benzene ring substituents is 2. The molecule has 2 amide bonds. The lowest BCUT2D eigenvalue weighted by molar-refractivity contribution is -0.385. The molecule has 0 fully saturated rings. The average molecular weight is 799 g/mol. The van der Waals surface area contributed by atoms with Crippen molar-refractivity contribution in [2.45, 2.75) is 9.79 Å². The predicted octanol–water partition coefficient (Wildman–Crippen LogP) is 4.19. The van der Waals surface area contributed by atoms with Gasteiger partial charge in [-0.15, -0.1) is 0 Å². The van der Waals surface area contributed by atoms with Crippen molar-refractivity contribution < 1.29 is 36.3 Å². The van der Waals surface area contributed by atoms with Gasteiger partial charge in [-0.05, 0) is 47.5 Å². The van der Waals surface area contributed by atoms with Gasteiger partial charge in [-0.1, -0.05) is 72.8 Å². The summed E-state index contributed by atoms with van der Waals surface area (Å²) in [6, 6.07) is 30.8. The van der Waals surface area contributed by atoms with E-state index in [1.165, 1.54) is 61.0 Å². The van der Waals surface area contributed by atoms with Crippen LogP contribution >= 0.6 is 0 Å². The van der Waals surface area contributed by atoms with Crippen LogP contribution in [0.25, 0.3) is 0 Å². The van der Waals surface area contributed by atoms with Crippen molar-refractivity contribution in [1.29, 1.82) is 0 Å². The topological polar surface area (TPSA) is 244 Å². The summed E-state index contributed by atoms with van der Waals surface area (Å²) in [6.45, 7) is -1.39. The highest BCUT2D eigenvalue weighted by atomic mass is 32.2. The highest BCUT2D eigenvalue weighted by molar-refractivity contribution is 7.93. The second-order valence-electron chi connectivity index (χ2n) is 11.5. The minimum atomic E-state index is -4.41. The molecule has 0 aliphatic carbocycles. The van der Waals surface area contributed by atoms with E-state index in [0.717, 1.165) is 32.9 Å². The molecule has 0 heterocycles. The van der Waals surface area contributed by atoms with Gasteiger partial charge in [0.05, 0.1) is 43.4 Å². The molecule has 56 heavy (non-hydrogen) atoms. The fourth-order valence-corrected chi connectivity index (χ4v) is 7.87. The molecule has 0 spiro atoms. The zero-order chi connectivity index (χ0) is 40.3. The van der Waals surface area contributed by atoms with Gasteiger partial charge >= 0.3 is 0 Å². The van der Waals surface area contributed by atoms with Crippen LogP contribution in [0.4, 0.5) is 22.7 Å². The number of amides is 2. The Bertz CT molecular complexity index is 2340. The van der Waals surface area contributed by atoms with Gasteiger partial charge in [0.2, 0.25) is 0 Å². The maximum Gasteiger partial charge on any atom is 0.270 e. The van der Waals surface area contributed by atoms with Crippen molar-refractivity contribution in [2.75, 3.05) is 21.7 Å². The smallest absolute Gasteiger partial charge is 0.270 e. The van der Waals surface area contributed by atoms with Crippen LogP contribution in [-0.2, 0) is 29.6 Å². The first-order valence-electron chi connectivity index (χ1n) is 16.1. The van der Waals surface area contributed by atoms with Crippen LogP contribution in [-0.4, -0.2) is 64.0 Å². The summed E-state index contributed by atoms with van der Waals surface area (Å²) in [6.07, 6.45) is 2.59. The number of nitrogens with one attached hydrogen (secondary N) is 2. The van der Waals surface area contributed by atoms with E-state index >= 15 is 0 Å². The molecular weight excluding hydrogens is 769 g/mol. The number of anilines is 2. The molecule has 0 unspecified atom stereocenters. The first kappa shape index (κ1) is 39.9. The second kappa shape index (κ2) is 17.7. The summed E-state index contributed by atoms with van der Waals surface area (Å²) >= 11 is 0. The summed E-state index contributed by atoms with van der Waals surface area (Å²) < 4.78 is 55.7. The minimum absolute atomic E-state index is 0.144. The lowest BCUT2D eigenvalue weighted by Crippen LogP contribution is -2.39.